The van der Waals surface area contributed by atoms with E-state index >= 15 is 0 Å². The van der Waals surface area contributed by atoms with E-state index in [1.165, 1.54) is 11.1 Å². The Hall–Kier alpha value is -0.300. The lowest BCUT2D eigenvalue weighted by atomic mass is 10.2. The molecule has 0 amide bonds. The Morgan fingerprint density at radius 3 is 2.22 bits per heavy atom. The van der Waals surface area contributed by atoms with Gasteiger partial charge in [-0.05, 0) is 33.3 Å². The summed E-state index contributed by atoms with van der Waals surface area (Å²) in [5.41, 5.74) is 2.64. The van der Waals surface area contributed by atoms with Crippen molar-refractivity contribution < 1.29 is 4.74 Å². The summed E-state index contributed by atoms with van der Waals surface area (Å²) < 4.78 is 5.09. The first-order valence-corrected chi connectivity index (χ1v) is 3.18. The fourth-order valence-corrected chi connectivity index (χ4v) is 0.370. The van der Waals surface area contributed by atoms with Crippen LogP contribution >= 0.6 is 0 Å². The van der Waals surface area contributed by atoms with Gasteiger partial charge >= 0.3 is 0 Å². The van der Waals surface area contributed by atoms with Gasteiger partial charge in [-0.15, -0.1) is 0 Å². The van der Waals surface area contributed by atoms with E-state index in [4.69, 9.17) is 4.74 Å². The van der Waals surface area contributed by atoms with E-state index in [0.717, 1.165) is 6.61 Å². The number of allylic oxidation sites excluding steroid dienone is 1. The third-order valence-electron chi connectivity index (χ3n) is 1.32. The molecule has 0 aliphatic rings. The molecular weight excluding hydrogens is 112 g/mol. The highest BCUT2D eigenvalue weighted by molar-refractivity contribution is 5.06. The molecule has 0 aliphatic heterocycles. The molecule has 0 saturated heterocycles. The summed E-state index contributed by atoms with van der Waals surface area (Å²) in [6.45, 7) is 11.1. The van der Waals surface area contributed by atoms with Gasteiger partial charge in [-0.25, -0.2) is 0 Å². The van der Waals surface area contributed by atoms with E-state index in [1.54, 1.807) is 0 Å². The summed E-state index contributed by atoms with van der Waals surface area (Å²) in [5.74, 6) is 0. The van der Waals surface area contributed by atoms with Crippen LogP contribution in [0.25, 0.3) is 0 Å². The zero-order valence-electron chi connectivity index (χ0n) is 6.53. The summed E-state index contributed by atoms with van der Waals surface area (Å²) >= 11 is 0. The van der Waals surface area contributed by atoms with Crippen LogP contribution in [0.4, 0.5) is 0 Å². The van der Waals surface area contributed by atoms with Crippen molar-refractivity contribution in [1.82, 2.24) is 0 Å². The third kappa shape index (κ3) is 4.22. The Bertz CT molecular complexity index is 99.1. The van der Waals surface area contributed by atoms with Crippen molar-refractivity contribution in [3.05, 3.63) is 18.1 Å². The average molecular weight is 127 g/mol. The molecule has 1 nitrogen and oxygen atoms in total. The van der Waals surface area contributed by atoms with Crippen LogP contribution in [0.15, 0.2) is 11.1 Å². The zero-order chi connectivity index (χ0) is 7.28. The van der Waals surface area contributed by atoms with Crippen LogP contribution in [0.2, 0.25) is 0 Å². The van der Waals surface area contributed by atoms with Gasteiger partial charge in [-0.2, -0.15) is 0 Å². The molecule has 53 valence electrons. The van der Waals surface area contributed by atoms with Crippen LogP contribution in [0, 0.1) is 6.92 Å². The quantitative estimate of drug-likeness (QED) is 0.528. The molecule has 0 saturated carbocycles. The monoisotopic (exact) mass is 127 g/mol. The van der Waals surface area contributed by atoms with Gasteiger partial charge in [-0.1, -0.05) is 5.57 Å². The molecule has 0 aromatic carbocycles. The first kappa shape index (κ1) is 8.70. The lowest BCUT2D eigenvalue weighted by Gasteiger charge is -2.02. The van der Waals surface area contributed by atoms with E-state index in [0.29, 0.717) is 6.61 Å². The van der Waals surface area contributed by atoms with E-state index in [9.17, 15) is 0 Å². The molecule has 0 N–H and O–H groups in total. The van der Waals surface area contributed by atoms with E-state index in [1.807, 2.05) is 0 Å². The van der Waals surface area contributed by atoms with Crippen molar-refractivity contribution in [1.29, 1.82) is 0 Å². The molecule has 0 aromatic rings. The normalized spacial score (nSPS) is 9.33. The van der Waals surface area contributed by atoms with Crippen LogP contribution in [-0.2, 0) is 4.74 Å². The van der Waals surface area contributed by atoms with Crippen LogP contribution in [0.5, 0.6) is 0 Å². The minimum Gasteiger partial charge on any atom is -0.377 e. The maximum Gasteiger partial charge on any atom is 0.0676 e. The topological polar surface area (TPSA) is 9.23 Å². The highest BCUT2D eigenvalue weighted by Gasteiger charge is 1.89. The molecular formula is C8H15O. The summed E-state index contributed by atoms with van der Waals surface area (Å²) in [6.07, 6.45) is 0. The molecule has 0 rings (SSSR count). The maximum absolute atomic E-state index is 5.09. The van der Waals surface area contributed by atoms with Gasteiger partial charge in [0.15, 0.2) is 0 Å². The molecule has 9 heavy (non-hydrogen) atoms. The summed E-state index contributed by atoms with van der Waals surface area (Å²) in [5, 5.41) is 0. The van der Waals surface area contributed by atoms with Crippen molar-refractivity contribution in [2.75, 3.05) is 13.2 Å². The van der Waals surface area contributed by atoms with Crippen LogP contribution < -0.4 is 0 Å². The molecule has 1 heteroatoms. The van der Waals surface area contributed by atoms with Gasteiger partial charge in [0.2, 0.25) is 0 Å². The lowest BCUT2D eigenvalue weighted by molar-refractivity contribution is 0.185. The summed E-state index contributed by atoms with van der Waals surface area (Å²) in [4.78, 5) is 0. The predicted molar refractivity (Wildman–Crippen MR) is 40.2 cm³/mol. The van der Waals surface area contributed by atoms with Gasteiger partial charge in [-0.3, -0.25) is 0 Å². The molecule has 0 spiro atoms. The molecule has 0 bridgehead atoms. The molecule has 0 unspecified atom stereocenters. The predicted octanol–water partition coefficient (Wildman–Crippen LogP) is 2.19. The van der Waals surface area contributed by atoms with Crippen LogP contribution in [0.1, 0.15) is 20.8 Å². The second-order valence-corrected chi connectivity index (χ2v) is 2.33. The lowest BCUT2D eigenvalue weighted by Crippen LogP contribution is -1.95. The van der Waals surface area contributed by atoms with E-state index < -0.39 is 0 Å². The van der Waals surface area contributed by atoms with Crippen molar-refractivity contribution in [3.8, 4) is 0 Å². The van der Waals surface area contributed by atoms with Gasteiger partial charge < -0.3 is 4.74 Å². The highest BCUT2D eigenvalue weighted by Crippen LogP contribution is 2.00. The Morgan fingerprint density at radius 2 is 1.89 bits per heavy atom. The molecule has 1 radical (unpaired) electrons. The number of rotatable bonds is 3. The van der Waals surface area contributed by atoms with Crippen molar-refractivity contribution in [3.63, 3.8) is 0 Å². The van der Waals surface area contributed by atoms with Crippen molar-refractivity contribution in [2.24, 2.45) is 0 Å². The minimum absolute atomic E-state index is 0.560. The van der Waals surface area contributed by atoms with E-state index in [2.05, 4.69) is 27.7 Å². The molecule has 0 atom stereocenters. The van der Waals surface area contributed by atoms with Gasteiger partial charge in [0.1, 0.15) is 0 Å². The van der Waals surface area contributed by atoms with E-state index in [-0.39, 0.29) is 0 Å². The van der Waals surface area contributed by atoms with Gasteiger partial charge in [0.25, 0.3) is 0 Å². The Morgan fingerprint density at radius 1 is 1.33 bits per heavy atom. The largest absolute Gasteiger partial charge is 0.377 e. The standard InChI is InChI=1S/C8H15O/c1-5-9-6-8(4)7(2)3/h1,5-6H2,2-4H3. The number of hydrogen-bond donors (Lipinski definition) is 0. The third-order valence-corrected chi connectivity index (χ3v) is 1.32. The van der Waals surface area contributed by atoms with Crippen LogP contribution in [0.3, 0.4) is 0 Å². The molecule has 0 fully saturated rings. The first-order valence-electron chi connectivity index (χ1n) is 3.18. The summed E-state index contributed by atoms with van der Waals surface area (Å²) in [7, 11) is 0. The SMILES string of the molecule is [CH2]COCC(C)=C(C)C. The second kappa shape index (κ2) is 4.57. The maximum atomic E-state index is 5.09. The van der Waals surface area contributed by atoms with Crippen LogP contribution in [-0.4, -0.2) is 13.2 Å². The van der Waals surface area contributed by atoms with Gasteiger partial charge in [0, 0.05) is 6.61 Å². The molecule has 0 aliphatic carbocycles. The first-order chi connectivity index (χ1) is 4.18. The second-order valence-electron chi connectivity index (χ2n) is 2.33. The van der Waals surface area contributed by atoms with Gasteiger partial charge in [0.05, 0.1) is 6.61 Å². The van der Waals surface area contributed by atoms with Crippen molar-refractivity contribution >= 4 is 0 Å². The fraction of sp³-hybridized carbons (Fsp3) is 0.625. The van der Waals surface area contributed by atoms with Crippen molar-refractivity contribution in [2.45, 2.75) is 20.8 Å². The fourth-order valence-electron chi connectivity index (χ4n) is 0.370. The number of ether oxygens (including phenoxy) is 1. The minimum atomic E-state index is 0.560. The average Bonchev–Trinajstić information content (AvgIpc) is 1.82. The number of hydrogen-bond acceptors (Lipinski definition) is 1. The summed E-state index contributed by atoms with van der Waals surface area (Å²) in [6, 6.07) is 0. The highest BCUT2D eigenvalue weighted by atomic mass is 16.5. The zero-order valence-corrected chi connectivity index (χ0v) is 6.53. The molecule has 0 heterocycles. The Kier molecular flexibility index (Phi) is 4.41. The smallest absolute Gasteiger partial charge is 0.0676 e. The Labute approximate surface area is 57.7 Å². The Balaban J connectivity index is 3.50. The molecule has 0 aromatic heterocycles.